The van der Waals surface area contributed by atoms with Crippen molar-refractivity contribution in [2.24, 2.45) is 11.3 Å². The molecule has 1 aromatic rings. The van der Waals surface area contributed by atoms with Crippen molar-refractivity contribution in [1.82, 2.24) is 0 Å². The number of aliphatic hydroxyl groups is 1. The number of benzene rings is 1. The lowest BCUT2D eigenvalue weighted by atomic mass is 9.72. The monoisotopic (exact) mass is 261 g/mol. The van der Waals surface area contributed by atoms with Gasteiger partial charge in [-0.25, -0.2) is 0 Å². The SMILES string of the molecule is CCc1ccccc1N1CCC(C)(C)C(CCO)C1. The first-order valence-electron chi connectivity index (χ1n) is 7.52. The maximum Gasteiger partial charge on any atom is 0.0434 e. The van der Waals surface area contributed by atoms with Gasteiger partial charge in [0, 0.05) is 25.4 Å². The molecule has 1 aliphatic heterocycles. The zero-order valence-corrected chi connectivity index (χ0v) is 12.5. The van der Waals surface area contributed by atoms with Gasteiger partial charge in [0.25, 0.3) is 0 Å². The Hall–Kier alpha value is -1.02. The maximum absolute atomic E-state index is 9.29. The van der Waals surface area contributed by atoms with Crippen molar-refractivity contribution < 1.29 is 5.11 Å². The zero-order chi connectivity index (χ0) is 13.9. The lowest BCUT2D eigenvalue weighted by Crippen LogP contribution is -2.45. The first kappa shape index (κ1) is 14.4. The quantitative estimate of drug-likeness (QED) is 0.897. The highest BCUT2D eigenvalue weighted by atomic mass is 16.3. The summed E-state index contributed by atoms with van der Waals surface area (Å²) >= 11 is 0. The molecule has 1 aromatic carbocycles. The predicted molar refractivity (Wildman–Crippen MR) is 81.6 cm³/mol. The number of para-hydroxylation sites is 1. The maximum atomic E-state index is 9.29. The summed E-state index contributed by atoms with van der Waals surface area (Å²) in [6, 6.07) is 8.74. The van der Waals surface area contributed by atoms with Gasteiger partial charge in [-0.2, -0.15) is 0 Å². The van der Waals surface area contributed by atoms with Crippen LogP contribution < -0.4 is 4.90 Å². The lowest BCUT2D eigenvalue weighted by molar-refractivity contribution is 0.132. The van der Waals surface area contributed by atoms with E-state index in [1.807, 2.05) is 0 Å². The molecule has 2 nitrogen and oxygen atoms in total. The van der Waals surface area contributed by atoms with E-state index in [-0.39, 0.29) is 0 Å². The lowest BCUT2D eigenvalue weighted by Gasteiger charge is -2.45. The van der Waals surface area contributed by atoms with E-state index in [1.165, 1.54) is 17.7 Å². The van der Waals surface area contributed by atoms with E-state index in [2.05, 4.69) is 49.9 Å². The molecular formula is C17H27NO. The molecule has 0 aliphatic carbocycles. The minimum Gasteiger partial charge on any atom is -0.396 e. The highest BCUT2D eigenvalue weighted by molar-refractivity contribution is 5.54. The summed E-state index contributed by atoms with van der Waals surface area (Å²) in [5.74, 6) is 0.580. The number of nitrogens with zero attached hydrogens (tertiary/aromatic N) is 1. The Morgan fingerprint density at radius 1 is 1.32 bits per heavy atom. The van der Waals surface area contributed by atoms with Crippen LogP contribution in [0.15, 0.2) is 24.3 Å². The molecule has 1 fully saturated rings. The van der Waals surface area contributed by atoms with Gasteiger partial charge in [-0.3, -0.25) is 0 Å². The first-order chi connectivity index (χ1) is 9.08. The molecule has 1 saturated heterocycles. The smallest absolute Gasteiger partial charge is 0.0434 e. The second kappa shape index (κ2) is 5.96. The third kappa shape index (κ3) is 3.11. The molecule has 0 spiro atoms. The Kier molecular flexibility index (Phi) is 4.51. The van der Waals surface area contributed by atoms with Crippen LogP contribution in [0.4, 0.5) is 5.69 Å². The molecule has 0 aromatic heterocycles. The third-order valence-electron chi connectivity index (χ3n) is 4.76. The van der Waals surface area contributed by atoms with E-state index >= 15 is 0 Å². The van der Waals surface area contributed by atoms with Crippen LogP contribution in [0.5, 0.6) is 0 Å². The van der Waals surface area contributed by atoms with Crippen LogP contribution in [0.25, 0.3) is 0 Å². The first-order valence-corrected chi connectivity index (χ1v) is 7.52. The molecule has 0 saturated carbocycles. The number of piperidine rings is 1. The van der Waals surface area contributed by atoms with E-state index in [4.69, 9.17) is 0 Å². The van der Waals surface area contributed by atoms with Crippen LogP contribution in [0, 0.1) is 11.3 Å². The minimum absolute atomic E-state index is 0.303. The second-order valence-electron chi connectivity index (χ2n) is 6.38. The number of anilines is 1. The van der Waals surface area contributed by atoms with Crippen molar-refractivity contribution in [2.45, 2.75) is 40.0 Å². The molecular weight excluding hydrogens is 234 g/mol. The van der Waals surface area contributed by atoms with E-state index in [1.54, 1.807) is 0 Å². The van der Waals surface area contributed by atoms with Crippen molar-refractivity contribution >= 4 is 5.69 Å². The Morgan fingerprint density at radius 2 is 2.05 bits per heavy atom. The Labute approximate surface area is 117 Å². The van der Waals surface area contributed by atoms with Crippen LogP contribution >= 0.6 is 0 Å². The van der Waals surface area contributed by atoms with Gasteiger partial charge in [-0.05, 0) is 42.2 Å². The van der Waals surface area contributed by atoms with Gasteiger partial charge < -0.3 is 10.0 Å². The molecule has 1 aliphatic rings. The standard InChI is InChI=1S/C17H27NO/c1-4-14-7-5-6-8-16(14)18-11-10-17(2,3)15(13-18)9-12-19/h5-8,15,19H,4,9-13H2,1-3H3. The van der Waals surface area contributed by atoms with Crippen LogP contribution in [0.1, 0.15) is 39.2 Å². The molecule has 2 rings (SSSR count). The normalized spacial score (nSPS) is 22.5. The number of hydrogen-bond donors (Lipinski definition) is 1. The molecule has 19 heavy (non-hydrogen) atoms. The van der Waals surface area contributed by atoms with Crippen LogP contribution in [0.3, 0.4) is 0 Å². The number of hydrogen-bond acceptors (Lipinski definition) is 2. The van der Waals surface area contributed by atoms with Gasteiger partial charge in [-0.1, -0.05) is 39.0 Å². The van der Waals surface area contributed by atoms with Crippen LogP contribution in [-0.2, 0) is 6.42 Å². The summed E-state index contributed by atoms with van der Waals surface area (Å²) in [6.07, 6.45) is 3.20. The van der Waals surface area contributed by atoms with Gasteiger partial charge in [0.1, 0.15) is 0 Å². The van der Waals surface area contributed by atoms with E-state index in [0.29, 0.717) is 17.9 Å². The fourth-order valence-electron chi connectivity index (χ4n) is 3.21. The predicted octanol–water partition coefficient (Wildman–Crippen LogP) is 3.48. The Morgan fingerprint density at radius 3 is 2.74 bits per heavy atom. The summed E-state index contributed by atoms with van der Waals surface area (Å²) in [7, 11) is 0. The largest absolute Gasteiger partial charge is 0.396 e. The highest BCUT2D eigenvalue weighted by Gasteiger charge is 2.35. The summed E-state index contributed by atoms with van der Waals surface area (Å²) in [4.78, 5) is 2.52. The van der Waals surface area contributed by atoms with Gasteiger partial charge in [0.05, 0.1) is 0 Å². The van der Waals surface area contributed by atoms with Crippen LogP contribution in [0.2, 0.25) is 0 Å². The van der Waals surface area contributed by atoms with Crippen molar-refractivity contribution in [3.63, 3.8) is 0 Å². The summed E-state index contributed by atoms with van der Waals surface area (Å²) in [5.41, 5.74) is 3.17. The Balaban J connectivity index is 2.18. The summed E-state index contributed by atoms with van der Waals surface area (Å²) in [6.45, 7) is 9.42. The van der Waals surface area contributed by atoms with Crippen molar-refractivity contribution in [3.05, 3.63) is 29.8 Å². The molecule has 1 atom stereocenters. The summed E-state index contributed by atoms with van der Waals surface area (Å²) in [5, 5.41) is 9.29. The number of aryl methyl sites for hydroxylation is 1. The summed E-state index contributed by atoms with van der Waals surface area (Å²) < 4.78 is 0. The van der Waals surface area contributed by atoms with Gasteiger partial charge in [0.15, 0.2) is 0 Å². The van der Waals surface area contributed by atoms with Crippen LogP contribution in [-0.4, -0.2) is 24.8 Å². The highest BCUT2D eigenvalue weighted by Crippen LogP contribution is 2.39. The fraction of sp³-hybridized carbons (Fsp3) is 0.647. The zero-order valence-electron chi connectivity index (χ0n) is 12.5. The van der Waals surface area contributed by atoms with E-state index in [0.717, 1.165) is 25.9 Å². The van der Waals surface area contributed by atoms with E-state index < -0.39 is 0 Å². The van der Waals surface area contributed by atoms with Crippen molar-refractivity contribution in [3.8, 4) is 0 Å². The number of rotatable bonds is 4. The molecule has 0 radical (unpaired) electrons. The van der Waals surface area contributed by atoms with Crippen molar-refractivity contribution in [1.29, 1.82) is 0 Å². The average Bonchev–Trinajstić information content (AvgIpc) is 2.41. The molecule has 1 unspecified atom stereocenters. The second-order valence-corrected chi connectivity index (χ2v) is 6.38. The molecule has 0 amide bonds. The average molecular weight is 261 g/mol. The van der Waals surface area contributed by atoms with Gasteiger partial charge in [0.2, 0.25) is 0 Å². The van der Waals surface area contributed by atoms with Crippen molar-refractivity contribution in [2.75, 3.05) is 24.6 Å². The molecule has 0 bridgehead atoms. The molecule has 1 heterocycles. The minimum atomic E-state index is 0.303. The molecule has 106 valence electrons. The molecule has 1 N–H and O–H groups in total. The third-order valence-corrected chi connectivity index (χ3v) is 4.76. The Bertz CT molecular complexity index is 413. The number of aliphatic hydroxyl groups excluding tert-OH is 1. The molecule has 2 heteroatoms. The fourth-order valence-corrected chi connectivity index (χ4v) is 3.21. The topological polar surface area (TPSA) is 23.5 Å². The van der Waals surface area contributed by atoms with Gasteiger partial charge in [-0.15, -0.1) is 0 Å². The van der Waals surface area contributed by atoms with Gasteiger partial charge >= 0.3 is 0 Å². The van der Waals surface area contributed by atoms with E-state index in [9.17, 15) is 5.11 Å².